The molecule has 0 spiro atoms. The molecule has 2 aromatic heterocycles. The first kappa shape index (κ1) is 15.0. The van der Waals surface area contributed by atoms with Crippen LogP contribution < -0.4 is 0 Å². The summed E-state index contributed by atoms with van der Waals surface area (Å²) in [4.78, 5) is 8.14. The van der Waals surface area contributed by atoms with Crippen molar-refractivity contribution in [1.29, 1.82) is 0 Å². The smallest absolute Gasteiger partial charge is 0.243 e. The van der Waals surface area contributed by atoms with Gasteiger partial charge >= 0.3 is 0 Å². The molecule has 7 heteroatoms. The lowest BCUT2D eigenvalue weighted by Crippen LogP contribution is -2.07. The van der Waals surface area contributed by atoms with E-state index in [-0.39, 0.29) is 10.9 Å². The second-order valence-corrected chi connectivity index (χ2v) is 7.83. The zero-order valence-electron chi connectivity index (χ0n) is 12.9. The zero-order chi connectivity index (χ0) is 16.6. The number of nitrogens with zero attached hydrogens (tertiary/aromatic N) is 3. The number of fused-ring (bicyclic) bond motifs is 1. The lowest BCUT2D eigenvalue weighted by atomic mass is 10.1. The highest BCUT2D eigenvalue weighted by atomic mass is 32.2. The molecule has 24 heavy (non-hydrogen) atoms. The lowest BCUT2D eigenvalue weighted by molar-refractivity contribution is 0.587. The van der Waals surface area contributed by atoms with Gasteiger partial charge in [-0.2, -0.15) is 10.1 Å². The van der Waals surface area contributed by atoms with E-state index >= 15 is 0 Å². The van der Waals surface area contributed by atoms with Gasteiger partial charge in [-0.05, 0) is 48.1 Å². The molecule has 0 fully saturated rings. The summed E-state index contributed by atoms with van der Waals surface area (Å²) in [6.07, 6.45) is 6.47. The van der Waals surface area contributed by atoms with Crippen LogP contribution in [0, 0.1) is 0 Å². The van der Waals surface area contributed by atoms with Crippen LogP contribution in [-0.4, -0.2) is 28.6 Å². The first-order valence-corrected chi connectivity index (χ1v) is 9.43. The van der Waals surface area contributed by atoms with Crippen LogP contribution in [0.4, 0.5) is 0 Å². The van der Waals surface area contributed by atoms with Crippen molar-refractivity contribution in [2.24, 2.45) is 0 Å². The van der Waals surface area contributed by atoms with Crippen molar-refractivity contribution in [3.63, 3.8) is 0 Å². The van der Waals surface area contributed by atoms with Gasteiger partial charge in [-0.25, -0.2) is 13.5 Å². The molecule has 6 nitrogen and oxygen atoms in total. The molecule has 4 rings (SSSR count). The fraction of sp³-hybridized carbons (Fsp3) is 0.235. The highest BCUT2D eigenvalue weighted by molar-refractivity contribution is 7.90. The molecular formula is C17H16N4O2S. The van der Waals surface area contributed by atoms with E-state index in [9.17, 15) is 8.42 Å². The third-order valence-electron chi connectivity index (χ3n) is 4.20. The maximum Gasteiger partial charge on any atom is 0.243 e. The summed E-state index contributed by atoms with van der Waals surface area (Å²) in [6.45, 7) is 0. The minimum atomic E-state index is -3.58. The summed E-state index contributed by atoms with van der Waals surface area (Å²) in [6, 6.07) is 9.52. The normalized spacial score (nSPS) is 13.8. The van der Waals surface area contributed by atoms with Crippen LogP contribution in [0.5, 0.6) is 0 Å². The van der Waals surface area contributed by atoms with Crippen LogP contribution in [0.1, 0.15) is 23.1 Å². The number of aromatic amines is 1. The number of nitrogens with one attached hydrogen (secondary N) is 1. The molecular weight excluding hydrogens is 324 g/mol. The molecule has 0 saturated heterocycles. The molecule has 0 atom stereocenters. The molecule has 0 amide bonds. The molecule has 3 aromatic rings. The number of rotatable bonds is 4. The number of aromatic nitrogens is 4. The Kier molecular flexibility index (Phi) is 3.65. The Bertz CT molecular complexity index is 981. The Labute approximate surface area is 139 Å². The molecule has 0 bridgehead atoms. The molecule has 122 valence electrons. The monoisotopic (exact) mass is 340 g/mol. The first-order chi connectivity index (χ1) is 11.6. The predicted molar refractivity (Wildman–Crippen MR) is 89.0 cm³/mol. The first-order valence-electron chi connectivity index (χ1n) is 7.78. The van der Waals surface area contributed by atoms with Crippen LogP contribution in [0.3, 0.4) is 0 Å². The van der Waals surface area contributed by atoms with E-state index in [4.69, 9.17) is 0 Å². The van der Waals surface area contributed by atoms with Gasteiger partial charge in [-0.1, -0.05) is 18.2 Å². The van der Waals surface area contributed by atoms with Crippen molar-refractivity contribution in [3.05, 3.63) is 59.4 Å². The van der Waals surface area contributed by atoms with Crippen LogP contribution in [0.25, 0.3) is 11.4 Å². The minimum Gasteiger partial charge on any atom is -0.264 e. The van der Waals surface area contributed by atoms with Gasteiger partial charge in [0.2, 0.25) is 15.0 Å². The minimum absolute atomic E-state index is 0.109. The van der Waals surface area contributed by atoms with Gasteiger partial charge in [-0.3, -0.25) is 4.98 Å². The zero-order valence-corrected chi connectivity index (χ0v) is 13.8. The average molecular weight is 340 g/mol. The Morgan fingerprint density at radius 1 is 1.12 bits per heavy atom. The van der Waals surface area contributed by atoms with E-state index in [1.54, 1.807) is 18.3 Å². The number of sulfone groups is 1. The van der Waals surface area contributed by atoms with Gasteiger partial charge in [0.15, 0.2) is 5.82 Å². The van der Waals surface area contributed by atoms with E-state index in [1.165, 1.54) is 17.3 Å². The van der Waals surface area contributed by atoms with E-state index < -0.39 is 9.84 Å². The highest BCUT2D eigenvalue weighted by Crippen LogP contribution is 2.27. The molecule has 0 saturated carbocycles. The predicted octanol–water partition coefficient (Wildman–Crippen LogP) is 2.33. The van der Waals surface area contributed by atoms with Crippen molar-refractivity contribution >= 4 is 9.84 Å². The van der Waals surface area contributed by atoms with Crippen LogP contribution in [0.2, 0.25) is 0 Å². The number of aryl methyl sites for hydroxylation is 2. The Morgan fingerprint density at radius 2 is 2.00 bits per heavy atom. The molecule has 1 N–H and O–H groups in total. The molecule has 0 unspecified atom stereocenters. The maximum absolute atomic E-state index is 12.5. The number of hydrogen-bond donors (Lipinski definition) is 1. The van der Waals surface area contributed by atoms with Gasteiger partial charge < -0.3 is 0 Å². The van der Waals surface area contributed by atoms with Gasteiger partial charge in [-0.15, -0.1) is 0 Å². The highest BCUT2D eigenvalue weighted by Gasteiger charge is 2.21. The van der Waals surface area contributed by atoms with Gasteiger partial charge in [0.05, 0.1) is 5.75 Å². The molecule has 1 aromatic carbocycles. The third kappa shape index (κ3) is 2.82. The number of hydrogen-bond acceptors (Lipinski definition) is 5. The lowest BCUT2D eigenvalue weighted by Gasteiger charge is -2.01. The third-order valence-corrected chi connectivity index (χ3v) is 5.68. The van der Waals surface area contributed by atoms with Gasteiger partial charge in [0.1, 0.15) is 0 Å². The second kappa shape index (κ2) is 5.83. The quantitative estimate of drug-likeness (QED) is 0.787. The fourth-order valence-corrected chi connectivity index (χ4v) is 4.15. The Balaban J connectivity index is 1.62. The van der Waals surface area contributed by atoms with Crippen LogP contribution in [0.15, 0.2) is 47.9 Å². The Hall–Kier alpha value is -2.54. The molecule has 1 aliphatic rings. The summed E-state index contributed by atoms with van der Waals surface area (Å²) in [5, 5.41) is 6.54. The van der Waals surface area contributed by atoms with E-state index in [0.717, 1.165) is 24.8 Å². The van der Waals surface area contributed by atoms with Crippen molar-refractivity contribution in [2.45, 2.75) is 30.2 Å². The summed E-state index contributed by atoms with van der Waals surface area (Å²) in [5.41, 5.74) is 4.12. The SMILES string of the molecule is O=S(=O)(Cc1cccnc1)c1nc(-c2ccc3c(c2)CCC3)n[nH]1. The fourth-order valence-electron chi connectivity index (χ4n) is 3.00. The van der Waals surface area contributed by atoms with Crippen molar-refractivity contribution in [2.75, 3.05) is 0 Å². The number of benzene rings is 1. The van der Waals surface area contributed by atoms with Crippen molar-refractivity contribution in [3.8, 4) is 11.4 Å². The average Bonchev–Trinajstić information content (AvgIpc) is 3.24. The van der Waals surface area contributed by atoms with Crippen molar-refractivity contribution in [1.82, 2.24) is 20.2 Å². The maximum atomic E-state index is 12.5. The molecule has 2 heterocycles. The van der Waals surface area contributed by atoms with Gasteiger partial charge in [0, 0.05) is 18.0 Å². The second-order valence-electron chi connectivity index (χ2n) is 5.92. The standard InChI is InChI=1S/C17H16N4O2S/c22-24(23,11-12-3-2-8-18-10-12)17-19-16(20-21-17)15-7-6-13-4-1-5-14(13)9-15/h2-3,6-10H,1,4-5,11H2,(H,19,20,21). The Morgan fingerprint density at radius 3 is 2.83 bits per heavy atom. The van der Waals surface area contributed by atoms with Crippen LogP contribution >= 0.6 is 0 Å². The van der Waals surface area contributed by atoms with Gasteiger partial charge in [0.25, 0.3) is 0 Å². The van der Waals surface area contributed by atoms with Crippen LogP contribution in [-0.2, 0) is 28.4 Å². The topological polar surface area (TPSA) is 88.6 Å². The summed E-state index contributed by atoms with van der Waals surface area (Å²) in [7, 11) is -3.58. The van der Waals surface area contributed by atoms with E-state index in [1.807, 2.05) is 6.07 Å². The summed E-state index contributed by atoms with van der Waals surface area (Å²) >= 11 is 0. The number of H-pyrrole nitrogens is 1. The number of pyridine rings is 1. The van der Waals surface area contributed by atoms with E-state index in [2.05, 4.69) is 32.3 Å². The summed E-state index contributed by atoms with van der Waals surface area (Å²) in [5.74, 6) is 0.258. The molecule has 1 aliphatic carbocycles. The van der Waals surface area contributed by atoms with E-state index in [0.29, 0.717) is 11.4 Å². The molecule has 0 aliphatic heterocycles. The molecule has 0 radical (unpaired) electrons. The summed E-state index contributed by atoms with van der Waals surface area (Å²) < 4.78 is 24.9. The largest absolute Gasteiger partial charge is 0.264 e. The van der Waals surface area contributed by atoms with Crippen molar-refractivity contribution < 1.29 is 8.42 Å².